The van der Waals surface area contributed by atoms with Gasteiger partial charge in [0.25, 0.3) is 0 Å². The van der Waals surface area contributed by atoms with Crippen LogP contribution in [-0.4, -0.2) is 31.7 Å². The molecule has 3 N–H and O–H groups in total. The maximum Gasteiger partial charge on any atom is 0.227 e. The molecule has 2 rings (SSSR count). The number of rotatable bonds is 4. The zero-order chi connectivity index (χ0) is 10.9. The van der Waals surface area contributed by atoms with Crippen molar-refractivity contribution in [1.29, 1.82) is 0 Å². The summed E-state index contributed by atoms with van der Waals surface area (Å²) in [6.45, 7) is 0.475. The van der Waals surface area contributed by atoms with Crippen LogP contribution < -0.4 is 11.1 Å². The van der Waals surface area contributed by atoms with Crippen molar-refractivity contribution in [2.45, 2.75) is 44.2 Å². The number of amides is 1. The Morgan fingerprint density at radius 3 is 2.80 bits per heavy atom. The van der Waals surface area contributed by atoms with E-state index in [0.29, 0.717) is 6.54 Å². The Hall–Kier alpha value is -0.610. The smallest absolute Gasteiger partial charge is 0.227 e. The van der Waals surface area contributed by atoms with Crippen LogP contribution in [0.4, 0.5) is 0 Å². The van der Waals surface area contributed by atoms with E-state index in [4.69, 9.17) is 10.5 Å². The normalized spacial score (nSPS) is 32.7. The van der Waals surface area contributed by atoms with Crippen molar-refractivity contribution in [3.05, 3.63) is 0 Å². The molecule has 2 aliphatic rings. The second kappa shape index (κ2) is 4.10. The van der Waals surface area contributed by atoms with Crippen LogP contribution in [0.25, 0.3) is 0 Å². The highest BCUT2D eigenvalue weighted by Gasteiger charge is 2.49. The van der Waals surface area contributed by atoms with Crippen LogP contribution in [0.1, 0.15) is 32.1 Å². The van der Waals surface area contributed by atoms with Gasteiger partial charge in [0.1, 0.15) is 0 Å². The molecule has 0 aromatic heterocycles. The second-order valence-electron chi connectivity index (χ2n) is 4.77. The average molecular weight is 212 g/mol. The van der Waals surface area contributed by atoms with Crippen molar-refractivity contribution in [3.63, 3.8) is 0 Å². The SMILES string of the molecule is COC1CCCC1NC(=O)C1(CN)CC1. The molecule has 0 heterocycles. The first-order chi connectivity index (χ1) is 7.22. The lowest BCUT2D eigenvalue weighted by atomic mass is 10.1. The fourth-order valence-corrected chi connectivity index (χ4v) is 2.37. The van der Waals surface area contributed by atoms with E-state index in [2.05, 4.69) is 5.32 Å². The summed E-state index contributed by atoms with van der Waals surface area (Å²) >= 11 is 0. The van der Waals surface area contributed by atoms with Crippen molar-refractivity contribution < 1.29 is 9.53 Å². The zero-order valence-electron chi connectivity index (χ0n) is 9.29. The van der Waals surface area contributed by atoms with Gasteiger partial charge in [-0.05, 0) is 32.1 Å². The Labute approximate surface area is 90.5 Å². The van der Waals surface area contributed by atoms with Gasteiger partial charge in [-0.2, -0.15) is 0 Å². The minimum atomic E-state index is -0.235. The van der Waals surface area contributed by atoms with Gasteiger partial charge in [0.05, 0.1) is 17.6 Å². The summed E-state index contributed by atoms with van der Waals surface area (Å²) in [4.78, 5) is 11.9. The molecule has 0 aromatic carbocycles. The van der Waals surface area contributed by atoms with Crippen molar-refractivity contribution >= 4 is 5.91 Å². The Morgan fingerprint density at radius 2 is 2.27 bits per heavy atom. The van der Waals surface area contributed by atoms with Gasteiger partial charge >= 0.3 is 0 Å². The molecule has 2 fully saturated rings. The number of ether oxygens (including phenoxy) is 1. The number of nitrogens with one attached hydrogen (secondary N) is 1. The molecular formula is C11H20N2O2. The van der Waals surface area contributed by atoms with Crippen LogP contribution >= 0.6 is 0 Å². The largest absolute Gasteiger partial charge is 0.379 e. The minimum Gasteiger partial charge on any atom is -0.379 e. The van der Waals surface area contributed by atoms with E-state index >= 15 is 0 Å². The Kier molecular flexibility index (Phi) is 2.98. The molecule has 2 atom stereocenters. The maximum atomic E-state index is 11.9. The molecule has 2 saturated carbocycles. The molecule has 4 heteroatoms. The Balaban J connectivity index is 1.88. The van der Waals surface area contributed by atoms with Crippen molar-refractivity contribution in [2.75, 3.05) is 13.7 Å². The van der Waals surface area contributed by atoms with Crippen molar-refractivity contribution in [3.8, 4) is 0 Å². The van der Waals surface area contributed by atoms with Crippen LogP contribution in [0.2, 0.25) is 0 Å². The molecule has 2 aliphatic carbocycles. The summed E-state index contributed by atoms with van der Waals surface area (Å²) in [7, 11) is 1.71. The summed E-state index contributed by atoms with van der Waals surface area (Å²) in [5.41, 5.74) is 5.38. The first kappa shape index (κ1) is 10.9. The third kappa shape index (κ3) is 2.01. The van der Waals surface area contributed by atoms with Crippen LogP contribution in [0.15, 0.2) is 0 Å². The number of hydrogen-bond acceptors (Lipinski definition) is 3. The molecule has 0 saturated heterocycles. The number of methoxy groups -OCH3 is 1. The molecule has 1 amide bonds. The first-order valence-corrected chi connectivity index (χ1v) is 5.76. The molecule has 0 radical (unpaired) electrons. The molecule has 0 spiro atoms. The van der Waals surface area contributed by atoms with E-state index in [1.54, 1.807) is 7.11 Å². The van der Waals surface area contributed by atoms with Gasteiger partial charge < -0.3 is 15.8 Å². The predicted molar refractivity (Wildman–Crippen MR) is 57.3 cm³/mol. The molecule has 86 valence electrons. The average Bonchev–Trinajstić information content (AvgIpc) is 2.94. The predicted octanol–water partition coefficient (Wildman–Crippen LogP) is 0.409. The van der Waals surface area contributed by atoms with E-state index in [0.717, 1.165) is 32.1 Å². The molecule has 0 bridgehead atoms. The van der Waals surface area contributed by atoms with Crippen LogP contribution in [0, 0.1) is 5.41 Å². The standard InChI is InChI=1S/C11H20N2O2/c1-15-9-4-2-3-8(9)13-10(14)11(7-12)5-6-11/h8-9H,2-7,12H2,1H3,(H,13,14). The highest BCUT2D eigenvalue weighted by Crippen LogP contribution is 2.45. The van der Waals surface area contributed by atoms with Gasteiger partial charge in [0.15, 0.2) is 0 Å². The summed E-state index contributed by atoms with van der Waals surface area (Å²) in [5.74, 6) is 0.138. The highest BCUT2D eigenvalue weighted by atomic mass is 16.5. The minimum absolute atomic E-state index is 0.138. The first-order valence-electron chi connectivity index (χ1n) is 5.76. The maximum absolute atomic E-state index is 11.9. The molecule has 0 aromatic rings. The molecule has 0 aliphatic heterocycles. The van der Waals surface area contributed by atoms with E-state index in [9.17, 15) is 4.79 Å². The van der Waals surface area contributed by atoms with E-state index in [1.165, 1.54) is 0 Å². The topological polar surface area (TPSA) is 64.3 Å². The highest BCUT2D eigenvalue weighted by molar-refractivity contribution is 5.85. The van der Waals surface area contributed by atoms with Crippen molar-refractivity contribution in [2.24, 2.45) is 11.1 Å². The zero-order valence-corrected chi connectivity index (χ0v) is 9.29. The fraction of sp³-hybridized carbons (Fsp3) is 0.909. The summed E-state index contributed by atoms with van der Waals surface area (Å²) in [5, 5.41) is 3.09. The lowest BCUT2D eigenvalue weighted by Crippen LogP contribution is -2.46. The molecule has 2 unspecified atom stereocenters. The Morgan fingerprint density at radius 1 is 1.53 bits per heavy atom. The quantitative estimate of drug-likeness (QED) is 0.709. The summed E-state index contributed by atoms with van der Waals surface area (Å²) in [6.07, 6.45) is 5.31. The van der Waals surface area contributed by atoms with Crippen LogP contribution in [0.5, 0.6) is 0 Å². The molecular weight excluding hydrogens is 192 g/mol. The third-order valence-electron chi connectivity index (χ3n) is 3.80. The lowest BCUT2D eigenvalue weighted by Gasteiger charge is -2.22. The second-order valence-corrected chi connectivity index (χ2v) is 4.77. The van der Waals surface area contributed by atoms with Gasteiger partial charge in [0, 0.05) is 13.7 Å². The fourth-order valence-electron chi connectivity index (χ4n) is 2.37. The van der Waals surface area contributed by atoms with Gasteiger partial charge in [0.2, 0.25) is 5.91 Å². The molecule has 4 nitrogen and oxygen atoms in total. The third-order valence-corrected chi connectivity index (χ3v) is 3.80. The van der Waals surface area contributed by atoms with E-state index in [1.807, 2.05) is 0 Å². The Bertz CT molecular complexity index is 251. The molecule has 15 heavy (non-hydrogen) atoms. The van der Waals surface area contributed by atoms with Gasteiger partial charge in [-0.3, -0.25) is 4.79 Å². The van der Waals surface area contributed by atoms with E-state index in [-0.39, 0.29) is 23.5 Å². The number of hydrogen-bond donors (Lipinski definition) is 2. The van der Waals surface area contributed by atoms with E-state index < -0.39 is 0 Å². The monoisotopic (exact) mass is 212 g/mol. The van der Waals surface area contributed by atoms with Crippen LogP contribution in [0.3, 0.4) is 0 Å². The summed E-state index contributed by atoms with van der Waals surface area (Å²) < 4.78 is 5.35. The van der Waals surface area contributed by atoms with Crippen LogP contribution in [-0.2, 0) is 9.53 Å². The number of carbonyl (C=O) groups is 1. The number of carbonyl (C=O) groups excluding carboxylic acids is 1. The lowest BCUT2D eigenvalue weighted by molar-refractivity contribution is -0.127. The number of nitrogens with two attached hydrogens (primary N) is 1. The van der Waals surface area contributed by atoms with Crippen molar-refractivity contribution in [1.82, 2.24) is 5.32 Å². The van der Waals surface area contributed by atoms with Gasteiger partial charge in [-0.25, -0.2) is 0 Å². The van der Waals surface area contributed by atoms with Gasteiger partial charge in [-0.15, -0.1) is 0 Å². The van der Waals surface area contributed by atoms with Gasteiger partial charge in [-0.1, -0.05) is 0 Å². The summed E-state index contributed by atoms with van der Waals surface area (Å²) in [6, 6.07) is 0.200.